The lowest BCUT2D eigenvalue weighted by Crippen LogP contribution is -2.46. The van der Waals surface area contributed by atoms with Crippen molar-refractivity contribution in [3.8, 4) is 0 Å². The lowest BCUT2D eigenvalue weighted by molar-refractivity contribution is 0.0586. The Balaban J connectivity index is 1.77. The van der Waals surface area contributed by atoms with Crippen molar-refractivity contribution in [1.29, 1.82) is 0 Å². The Morgan fingerprint density at radius 1 is 1.20 bits per heavy atom. The van der Waals surface area contributed by atoms with E-state index in [1.54, 1.807) is 0 Å². The van der Waals surface area contributed by atoms with Gasteiger partial charge in [-0.05, 0) is 69.9 Å². The van der Waals surface area contributed by atoms with Gasteiger partial charge in [0.1, 0.15) is 0 Å². The zero-order valence-electron chi connectivity index (χ0n) is 13.4. The van der Waals surface area contributed by atoms with Crippen LogP contribution in [0, 0.1) is 17.8 Å². The van der Waals surface area contributed by atoms with Crippen LogP contribution in [0.4, 0.5) is 0 Å². The number of rotatable bonds is 5. The summed E-state index contributed by atoms with van der Waals surface area (Å²) >= 11 is 0. The Morgan fingerprint density at radius 2 is 1.90 bits per heavy atom. The van der Waals surface area contributed by atoms with E-state index in [0.29, 0.717) is 17.9 Å². The van der Waals surface area contributed by atoms with Crippen LogP contribution in [0.2, 0.25) is 0 Å². The summed E-state index contributed by atoms with van der Waals surface area (Å²) in [5.41, 5.74) is 6.36. The average Bonchev–Trinajstić information content (AvgIpc) is 2.43. The summed E-state index contributed by atoms with van der Waals surface area (Å²) in [7, 11) is 0. The van der Waals surface area contributed by atoms with Crippen molar-refractivity contribution in [1.82, 2.24) is 4.90 Å². The highest BCUT2D eigenvalue weighted by Gasteiger charge is 2.30. The third kappa shape index (κ3) is 4.44. The van der Waals surface area contributed by atoms with Crippen molar-refractivity contribution in [2.75, 3.05) is 19.6 Å². The highest BCUT2D eigenvalue weighted by molar-refractivity contribution is 4.86. The van der Waals surface area contributed by atoms with Gasteiger partial charge in [-0.3, -0.25) is 0 Å². The van der Waals surface area contributed by atoms with Crippen molar-refractivity contribution >= 4 is 0 Å². The molecule has 0 bridgehead atoms. The molecule has 2 fully saturated rings. The quantitative estimate of drug-likeness (QED) is 0.815. The Kier molecular flexibility index (Phi) is 6.31. The van der Waals surface area contributed by atoms with E-state index in [4.69, 9.17) is 5.73 Å². The number of nitrogens with zero attached hydrogens (tertiary/aromatic N) is 1. The summed E-state index contributed by atoms with van der Waals surface area (Å²) in [5, 5.41) is 9.68. The van der Waals surface area contributed by atoms with Crippen LogP contribution in [-0.4, -0.2) is 41.8 Å². The van der Waals surface area contributed by atoms with Gasteiger partial charge in [0.05, 0.1) is 6.10 Å². The van der Waals surface area contributed by atoms with Gasteiger partial charge >= 0.3 is 0 Å². The molecule has 0 aromatic heterocycles. The van der Waals surface area contributed by atoms with Crippen molar-refractivity contribution in [2.45, 2.75) is 70.9 Å². The molecule has 0 radical (unpaired) electrons. The number of likely N-dealkylation sites (tertiary alicyclic amines) is 1. The molecule has 0 spiro atoms. The van der Waals surface area contributed by atoms with Gasteiger partial charge in [-0.25, -0.2) is 0 Å². The van der Waals surface area contributed by atoms with Crippen molar-refractivity contribution in [3.05, 3.63) is 0 Å². The van der Waals surface area contributed by atoms with Crippen LogP contribution in [-0.2, 0) is 0 Å². The second-order valence-corrected chi connectivity index (χ2v) is 7.27. The summed E-state index contributed by atoms with van der Waals surface area (Å²) in [6.45, 7) is 7.72. The summed E-state index contributed by atoms with van der Waals surface area (Å²) in [6, 6.07) is 0.414. The Hall–Kier alpha value is -0.120. The standard InChI is InChI=1S/C17H34N2O/c1-3-4-14-5-6-17(18)16(11-14)12-19-9-7-15(8-10-19)13(2)20/h13-17,20H,3-12,18H2,1-2H3. The van der Waals surface area contributed by atoms with E-state index in [2.05, 4.69) is 11.8 Å². The predicted octanol–water partition coefficient (Wildman–Crippen LogP) is 2.62. The first-order valence-electron chi connectivity index (χ1n) is 8.76. The largest absolute Gasteiger partial charge is 0.393 e. The summed E-state index contributed by atoms with van der Waals surface area (Å²) < 4.78 is 0. The molecule has 1 aliphatic carbocycles. The van der Waals surface area contributed by atoms with E-state index in [-0.39, 0.29) is 6.10 Å². The molecule has 0 aromatic carbocycles. The molecule has 3 heteroatoms. The number of piperidine rings is 1. The van der Waals surface area contributed by atoms with Crippen LogP contribution < -0.4 is 5.73 Å². The normalized spacial score (nSPS) is 35.1. The molecule has 4 atom stereocenters. The first-order valence-corrected chi connectivity index (χ1v) is 8.76. The number of aliphatic hydroxyl groups is 1. The number of hydrogen-bond acceptors (Lipinski definition) is 3. The van der Waals surface area contributed by atoms with Crippen LogP contribution in [0.15, 0.2) is 0 Å². The third-order valence-electron chi connectivity index (χ3n) is 5.65. The molecule has 3 nitrogen and oxygen atoms in total. The molecule has 3 N–H and O–H groups in total. The maximum Gasteiger partial charge on any atom is 0.0541 e. The van der Waals surface area contributed by atoms with E-state index in [1.807, 2.05) is 6.92 Å². The number of aliphatic hydroxyl groups excluding tert-OH is 1. The minimum Gasteiger partial charge on any atom is -0.393 e. The van der Waals surface area contributed by atoms with Gasteiger partial charge in [0, 0.05) is 12.6 Å². The Bertz CT molecular complexity index is 274. The van der Waals surface area contributed by atoms with Gasteiger partial charge in [-0.2, -0.15) is 0 Å². The lowest BCUT2D eigenvalue weighted by Gasteiger charge is -2.40. The van der Waals surface area contributed by atoms with Crippen LogP contribution in [0.1, 0.15) is 58.8 Å². The molecule has 1 saturated carbocycles. The van der Waals surface area contributed by atoms with Gasteiger partial charge < -0.3 is 15.7 Å². The number of nitrogens with two attached hydrogens (primary N) is 1. The second-order valence-electron chi connectivity index (χ2n) is 7.27. The number of hydrogen-bond donors (Lipinski definition) is 2. The van der Waals surface area contributed by atoms with E-state index >= 15 is 0 Å². The molecular formula is C17H34N2O. The van der Waals surface area contributed by atoms with Crippen molar-refractivity contribution in [3.63, 3.8) is 0 Å². The van der Waals surface area contributed by atoms with Crippen LogP contribution >= 0.6 is 0 Å². The molecule has 2 rings (SSSR count). The van der Waals surface area contributed by atoms with E-state index < -0.39 is 0 Å². The van der Waals surface area contributed by atoms with Crippen LogP contribution in [0.5, 0.6) is 0 Å². The molecule has 4 unspecified atom stereocenters. The molecule has 1 heterocycles. The minimum absolute atomic E-state index is 0.136. The SMILES string of the molecule is CCCC1CCC(N)C(CN2CCC(C(C)O)CC2)C1. The summed E-state index contributed by atoms with van der Waals surface area (Å²) in [6.07, 6.45) is 8.76. The van der Waals surface area contributed by atoms with Gasteiger partial charge in [0.25, 0.3) is 0 Å². The van der Waals surface area contributed by atoms with Crippen LogP contribution in [0.25, 0.3) is 0 Å². The molecule has 118 valence electrons. The molecular weight excluding hydrogens is 248 g/mol. The highest BCUT2D eigenvalue weighted by Crippen LogP contribution is 2.32. The van der Waals surface area contributed by atoms with Crippen molar-refractivity contribution < 1.29 is 5.11 Å². The fourth-order valence-electron chi connectivity index (χ4n) is 4.21. The zero-order valence-corrected chi connectivity index (χ0v) is 13.4. The van der Waals surface area contributed by atoms with Gasteiger partial charge in [-0.15, -0.1) is 0 Å². The zero-order chi connectivity index (χ0) is 14.5. The first-order chi connectivity index (χ1) is 9.60. The summed E-state index contributed by atoms with van der Waals surface area (Å²) in [5.74, 6) is 2.13. The second kappa shape index (κ2) is 7.77. The fourth-order valence-corrected chi connectivity index (χ4v) is 4.21. The van der Waals surface area contributed by atoms with Crippen LogP contribution in [0.3, 0.4) is 0 Å². The Labute approximate surface area is 124 Å². The Morgan fingerprint density at radius 3 is 2.50 bits per heavy atom. The molecule has 20 heavy (non-hydrogen) atoms. The maximum absolute atomic E-state index is 9.68. The molecule has 0 aromatic rings. The van der Waals surface area contributed by atoms with Gasteiger partial charge in [-0.1, -0.05) is 19.8 Å². The molecule has 2 aliphatic rings. The smallest absolute Gasteiger partial charge is 0.0541 e. The predicted molar refractivity (Wildman–Crippen MR) is 84.6 cm³/mol. The maximum atomic E-state index is 9.68. The summed E-state index contributed by atoms with van der Waals surface area (Å²) in [4.78, 5) is 2.59. The topological polar surface area (TPSA) is 49.5 Å². The van der Waals surface area contributed by atoms with Crippen molar-refractivity contribution in [2.24, 2.45) is 23.5 Å². The molecule has 1 aliphatic heterocycles. The molecule has 1 saturated heterocycles. The monoisotopic (exact) mass is 282 g/mol. The van der Waals surface area contributed by atoms with Gasteiger partial charge in [0.2, 0.25) is 0 Å². The van der Waals surface area contributed by atoms with Gasteiger partial charge in [0.15, 0.2) is 0 Å². The average molecular weight is 282 g/mol. The van der Waals surface area contributed by atoms with E-state index in [1.165, 1.54) is 38.6 Å². The lowest BCUT2D eigenvalue weighted by atomic mass is 9.76. The fraction of sp³-hybridized carbons (Fsp3) is 1.00. The highest BCUT2D eigenvalue weighted by atomic mass is 16.3. The third-order valence-corrected chi connectivity index (χ3v) is 5.65. The first kappa shape index (κ1) is 16.3. The van der Waals surface area contributed by atoms with E-state index in [0.717, 1.165) is 31.8 Å². The molecule has 0 amide bonds. The van der Waals surface area contributed by atoms with E-state index in [9.17, 15) is 5.11 Å². The minimum atomic E-state index is -0.136.